The number of halogens is 1. The topological polar surface area (TPSA) is 93.2 Å². The summed E-state index contributed by atoms with van der Waals surface area (Å²) in [7, 11) is 1.80. The molecular formula is C17H28IN7O. The minimum absolute atomic E-state index is 0. The van der Waals surface area contributed by atoms with Gasteiger partial charge in [-0.15, -0.1) is 24.0 Å². The molecule has 1 unspecified atom stereocenters. The van der Waals surface area contributed by atoms with Crippen molar-refractivity contribution in [2.24, 2.45) is 4.99 Å². The van der Waals surface area contributed by atoms with Gasteiger partial charge in [0.05, 0.1) is 12.2 Å². The number of nitrogens with zero attached hydrogens (tertiary/aromatic N) is 5. The zero-order valence-corrected chi connectivity index (χ0v) is 18.2. The zero-order chi connectivity index (χ0) is 17.8. The quantitative estimate of drug-likeness (QED) is 0.391. The molecule has 0 aliphatic carbocycles. The lowest BCUT2D eigenvalue weighted by Gasteiger charge is -2.25. The molecule has 144 valence electrons. The van der Waals surface area contributed by atoms with Gasteiger partial charge in [-0.3, -0.25) is 4.99 Å². The number of hydrogen-bond donors (Lipinski definition) is 2. The Morgan fingerprint density at radius 2 is 2.19 bits per heavy atom. The van der Waals surface area contributed by atoms with Crippen LogP contribution in [0.3, 0.4) is 0 Å². The molecule has 1 aliphatic rings. The Bertz CT molecular complexity index is 733. The number of hydrogen-bond acceptors (Lipinski definition) is 5. The van der Waals surface area contributed by atoms with E-state index in [1.165, 1.54) is 5.56 Å². The summed E-state index contributed by atoms with van der Waals surface area (Å²) in [5.41, 5.74) is 2.12. The normalized spacial score (nSPS) is 16.8. The largest absolute Gasteiger partial charge is 0.361 e. The van der Waals surface area contributed by atoms with E-state index >= 15 is 0 Å². The van der Waals surface area contributed by atoms with Gasteiger partial charge in [0.25, 0.3) is 0 Å². The van der Waals surface area contributed by atoms with Crippen LogP contribution in [0.2, 0.25) is 0 Å². The second kappa shape index (κ2) is 9.33. The Hall–Kier alpha value is -1.65. The summed E-state index contributed by atoms with van der Waals surface area (Å²) in [6.45, 7) is 7.62. The molecule has 1 atom stereocenters. The Balaban J connectivity index is 0.00000243. The van der Waals surface area contributed by atoms with Crippen molar-refractivity contribution in [3.63, 3.8) is 0 Å². The zero-order valence-electron chi connectivity index (χ0n) is 15.9. The first-order chi connectivity index (χ1) is 12.1. The lowest BCUT2D eigenvalue weighted by molar-refractivity contribution is 0.391. The minimum atomic E-state index is 0. The molecule has 0 saturated carbocycles. The number of aromatic nitrogens is 4. The summed E-state index contributed by atoms with van der Waals surface area (Å²) in [5, 5.41) is 15.4. The molecule has 0 saturated heterocycles. The van der Waals surface area contributed by atoms with Gasteiger partial charge in [-0.25, -0.2) is 9.67 Å². The van der Waals surface area contributed by atoms with Crippen molar-refractivity contribution in [2.75, 3.05) is 13.6 Å². The van der Waals surface area contributed by atoms with E-state index in [0.717, 1.165) is 67.8 Å². The van der Waals surface area contributed by atoms with Gasteiger partial charge < -0.3 is 15.2 Å². The average Bonchev–Trinajstić information content (AvgIpc) is 3.17. The highest BCUT2D eigenvalue weighted by Gasteiger charge is 2.22. The second-order valence-corrected chi connectivity index (χ2v) is 6.41. The standard InChI is InChI=1S/C17H27N7O.HI/c1-5-15-21-16-7-6-13(10-24(16)22-15)20-17(18-4)19-9-8-14-11(2)23-25-12(14)3;/h13H,5-10H2,1-4H3,(H2,18,19,20);1H. The van der Waals surface area contributed by atoms with Crippen LogP contribution in [-0.4, -0.2) is 45.5 Å². The van der Waals surface area contributed by atoms with E-state index in [1.54, 1.807) is 7.05 Å². The summed E-state index contributed by atoms with van der Waals surface area (Å²) in [5.74, 6) is 3.73. The molecular weight excluding hydrogens is 445 g/mol. The van der Waals surface area contributed by atoms with Gasteiger partial charge in [0.1, 0.15) is 11.6 Å². The lowest BCUT2D eigenvalue weighted by atomic mass is 10.1. The van der Waals surface area contributed by atoms with Crippen LogP contribution in [0, 0.1) is 13.8 Å². The van der Waals surface area contributed by atoms with Crippen LogP contribution in [-0.2, 0) is 25.8 Å². The molecule has 2 aromatic rings. The number of fused-ring (bicyclic) bond motifs is 1. The van der Waals surface area contributed by atoms with Crippen molar-refractivity contribution in [1.82, 2.24) is 30.6 Å². The molecule has 0 bridgehead atoms. The highest BCUT2D eigenvalue weighted by molar-refractivity contribution is 14.0. The van der Waals surface area contributed by atoms with Gasteiger partial charge in [-0.05, 0) is 26.7 Å². The Kier molecular flexibility index (Phi) is 7.42. The minimum Gasteiger partial charge on any atom is -0.361 e. The van der Waals surface area contributed by atoms with Gasteiger partial charge in [-0.2, -0.15) is 5.10 Å². The van der Waals surface area contributed by atoms with Gasteiger partial charge >= 0.3 is 0 Å². The van der Waals surface area contributed by atoms with E-state index in [1.807, 2.05) is 18.5 Å². The van der Waals surface area contributed by atoms with Crippen LogP contribution >= 0.6 is 24.0 Å². The van der Waals surface area contributed by atoms with E-state index in [9.17, 15) is 0 Å². The van der Waals surface area contributed by atoms with Crippen molar-refractivity contribution < 1.29 is 4.52 Å². The van der Waals surface area contributed by atoms with E-state index in [2.05, 4.69) is 37.8 Å². The summed E-state index contributed by atoms with van der Waals surface area (Å²) < 4.78 is 7.23. The third-order valence-corrected chi connectivity index (χ3v) is 4.63. The van der Waals surface area contributed by atoms with Crippen molar-refractivity contribution in [3.8, 4) is 0 Å². The van der Waals surface area contributed by atoms with Gasteiger partial charge in [0.15, 0.2) is 11.8 Å². The van der Waals surface area contributed by atoms with E-state index in [0.29, 0.717) is 6.04 Å². The summed E-state index contributed by atoms with van der Waals surface area (Å²) in [6, 6.07) is 0.309. The molecule has 2 N–H and O–H groups in total. The molecule has 0 radical (unpaired) electrons. The van der Waals surface area contributed by atoms with Crippen molar-refractivity contribution in [3.05, 3.63) is 28.7 Å². The van der Waals surface area contributed by atoms with Crippen molar-refractivity contribution >= 4 is 29.9 Å². The lowest BCUT2D eigenvalue weighted by Crippen LogP contribution is -2.47. The molecule has 8 nitrogen and oxygen atoms in total. The van der Waals surface area contributed by atoms with E-state index in [-0.39, 0.29) is 24.0 Å². The Labute approximate surface area is 171 Å². The monoisotopic (exact) mass is 473 g/mol. The van der Waals surface area contributed by atoms with Gasteiger partial charge in [0, 0.05) is 38.0 Å². The average molecular weight is 473 g/mol. The predicted octanol–water partition coefficient (Wildman–Crippen LogP) is 1.79. The molecule has 3 rings (SSSR count). The van der Waals surface area contributed by atoms with Crippen molar-refractivity contribution in [1.29, 1.82) is 0 Å². The van der Waals surface area contributed by atoms with Gasteiger partial charge in [-0.1, -0.05) is 12.1 Å². The Morgan fingerprint density at radius 3 is 2.85 bits per heavy atom. The summed E-state index contributed by atoms with van der Waals surface area (Å²) in [6.07, 6.45) is 3.72. The first-order valence-electron chi connectivity index (χ1n) is 8.92. The molecule has 0 aromatic carbocycles. The second-order valence-electron chi connectivity index (χ2n) is 6.41. The van der Waals surface area contributed by atoms with Crippen LogP contribution in [0.4, 0.5) is 0 Å². The summed E-state index contributed by atoms with van der Waals surface area (Å²) >= 11 is 0. The van der Waals surface area contributed by atoms with Crippen molar-refractivity contribution in [2.45, 2.75) is 59.0 Å². The van der Waals surface area contributed by atoms with Crippen LogP contribution in [0.15, 0.2) is 9.52 Å². The third kappa shape index (κ3) is 4.74. The number of nitrogens with one attached hydrogen (secondary N) is 2. The number of guanidine groups is 1. The molecule has 26 heavy (non-hydrogen) atoms. The molecule has 9 heteroatoms. The fraction of sp³-hybridized carbons (Fsp3) is 0.647. The maximum absolute atomic E-state index is 5.21. The summed E-state index contributed by atoms with van der Waals surface area (Å²) in [4.78, 5) is 8.89. The first-order valence-corrected chi connectivity index (χ1v) is 8.92. The number of aryl methyl sites for hydroxylation is 4. The molecule has 1 aliphatic heterocycles. The SMILES string of the molecule is CCc1nc2n(n1)CC(NC(=NC)NCCc1c(C)noc1C)CC2.I. The molecule has 0 amide bonds. The number of rotatable bonds is 5. The van der Waals surface area contributed by atoms with E-state index < -0.39 is 0 Å². The molecule has 2 aromatic heterocycles. The fourth-order valence-corrected chi connectivity index (χ4v) is 3.18. The maximum atomic E-state index is 5.21. The highest BCUT2D eigenvalue weighted by atomic mass is 127. The van der Waals surface area contributed by atoms with Gasteiger partial charge in [0.2, 0.25) is 0 Å². The van der Waals surface area contributed by atoms with Crippen LogP contribution in [0.1, 0.15) is 42.0 Å². The van der Waals surface area contributed by atoms with Crippen LogP contribution in [0.25, 0.3) is 0 Å². The molecule has 3 heterocycles. The highest BCUT2D eigenvalue weighted by Crippen LogP contribution is 2.14. The third-order valence-electron chi connectivity index (χ3n) is 4.63. The fourth-order valence-electron chi connectivity index (χ4n) is 3.18. The first kappa shape index (κ1) is 20.7. The number of aliphatic imine (C=N–C) groups is 1. The predicted molar refractivity (Wildman–Crippen MR) is 111 cm³/mol. The van der Waals surface area contributed by atoms with Crippen LogP contribution < -0.4 is 10.6 Å². The smallest absolute Gasteiger partial charge is 0.191 e. The maximum Gasteiger partial charge on any atom is 0.191 e. The van der Waals surface area contributed by atoms with E-state index in [4.69, 9.17) is 4.52 Å². The molecule has 0 fully saturated rings. The van der Waals surface area contributed by atoms with Crippen LogP contribution in [0.5, 0.6) is 0 Å². The Morgan fingerprint density at radius 1 is 1.38 bits per heavy atom. The molecule has 0 spiro atoms.